The van der Waals surface area contributed by atoms with Crippen LogP contribution in [0.5, 0.6) is 0 Å². The molecular weight excluding hydrogens is 218 g/mol. The minimum Gasteiger partial charge on any atom is -0.390 e. The van der Waals surface area contributed by atoms with E-state index in [1.54, 1.807) is 6.20 Å². The van der Waals surface area contributed by atoms with E-state index in [-0.39, 0.29) is 6.61 Å². The van der Waals surface area contributed by atoms with Crippen LogP contribution in [0.4, 0.5) is 0 Å². The third-order valence-corrected chi connectivity index (χ3v) is 1.74. The Balaban J connectivity index is 0.000000561. The van der Waals surface area contributed by atoms with Crippen LogP contribution < -0.4 is 0 Å². The highest BCUT2D eigenvalue weighted by atomic mass is 79.9. The normalized spacial score (nSPS) is 8.75. The lowest BCUT2D eigenvalue weighted by Crippen LogP contribution is -1.92. The molecule has 1 N–H and O–H groups in total. The standard InChI is InChI=1S/C7H8BrNO.C2H6/c1-5-2-6(8)3-9-7(5)4-10;1-2/h2-3,10H,4H2,1H3;1-2H3. The Kier molecular flexibility index (Phi) is 5.93. The van der Waals surface area contributed by atoms with Crippen molar-refractivity contribution >= 4 is 15.9 Å². The highest BCUT2D eigenvalue weighted by Gasteiger charge is 1.96. The van der Waals surface area contributed by atoms with E-state index in [9.17, 15) is 0 Å². The first-order valence-electron chi connectivity index (χ1n) is 3.96. The van der Waals surface area contributed by atoms with Crippen LogP contribution in [-0.2, 0) is 6.61 Å². The summed E-state index contributed by atoms with van der Waals surface area (Å²) in [5.41, 5.74) is 1.75. The van der Waals surface area contributed by atoms with Crippen LogP contribution in [0.2, 0.25) is 0 Å². The van der Waals surface area contributed by atoms with Crippen LogP contribution in [0.25, 0.3) is 0 Å². The number of pyridine rings is 1. The maximum atomic E-state index is 8.73. The summed E-state index contributed by atoms with van der Waals surface area (Å²) in [5.74, 6) is 0. The molecule has 0 unspecified atom stereocenters. The molecule has 0 atom stereocenters. The van der Waals surface area contributed by atoms with Crippen LogP contribution in [0.3, 0.4) is 0 Å². The number of rotatable bonds is 1. The highest BCUT2D eigenvalue weighted by Crippen LogP contribution is 2.12. The van der Waals surface area contributed by atoms with Gasteiger partial charge in [0.2, 0.25) is 0 Å². The smallest absolute Gasteiger partial charge is 0.0855 e. The van der Waals surface area contributed by atoms with Gasteiger partial charge in [0.25, 0.3) is 0 Å². The fraction of sp³-hybridized carbons (Fsp3) is 0.444. The SMILES string of the molecule is CC.Cc1cc(Br)cnc1CO. The maximum Gasteiger partial charge on any atom is 0.0855 e. The number of hydrogen-bond donors (Lipinski definition) is 1. The Morgan fingerprint density at radius 2 is 2.08 bits per heavy atom. The van der Waals surface area contributed by atoms with Gasteiger partial charge in [-0.2, -0.15) is 0 Å². The molecule has 1 aromatic heterocycles. The molecule has 0 saturated heterocycles. The molecular formula is C9H14BrNO. The fourth-order valence-corrected chi connectivity index (χ4v) is 1.18. The van der Waals surface area contributed by atoms with Gasteiger partial charge in [0.1, 0.15) is 0 Å². The van der Waals surface area contributed by atoms with Crippen LogP contribution in [0.15, 0.2) is 16.7 Å². The molecule has 0 fully saturated rings. The van der Waals surface area contributed by atoms with Gasteiger partial charge in [0.15, 0.2) is 0 Å². The van der Waals surface area contributed by atoms with E-state index in [2.05, 4.69) is 20.9 Å². The molecule has 1 aromatic rings. The van der Waals surface area contributed by atoms with Gasteiger partial charge >= 0.3 is 0 Å². The molecule has 68 valence electrons. The Morgan fingerprint density at radius 1 is 1.50 bits per heavy atom. The predicted octanol–water partition coefficient (Wildman–Crippen LogP) is 2.67. The first kappa shape index (κ1) is 11.6. The number of hydrogen-bond acceptors (Lipinski definition) is 2. The zero-order chi connectivity index (χ0) is 9.56. The molecule has 0 radical (unpaired) electrons. The van der Waals surface area contributed by atoms with E-state index in [0.29, 0.717) is 0 Å². The van der Waals surface area contributed by atoms with E-state index in [4.69, 9.17) is 5.11 Å². The predicted molar refractivity (Wildman–Crippen MR) is 53.9 cm³/mol. The van der Waals surface area contributed by atoms with Crippen molar-refractivity contribution < 1.29 is 5.11 Å². The number of aromatic nitrogens is 1. The first-order chi connectivity index (χ1) is 5.74. The van der Waals surface area contributed by atoms with Crippen molar-refractivity contribution in [2.24, 2.45) is 0 Å². The number of halogens is 1. The number of aliphatic hydroxyl groups excluding tert-OH is 1. The number of nitrogens with zero attached hydrogens (tertiary/aromatic N) is 1. The van der Waals surface area contributed by atoms with Crippen LogP contribution >= 0.6 is 15.9 Å². The van der Waals surface area contributed by atoms with Crippen molar-refractivity contribution in [3.63, 3.8) is 0 Å². The van der Waals surface area contributed by atoms with Gasteiger partial charge in [0, 0.05) is 10.7 Å². The van der Waals surface area contributed by atoms with Crippen LogP contribution in [-0.4, -0.2) is 10.1 Å². The summed E-state index contributed by atoms with van der Waals surface area (Å²) < 4.78 is 0.946. The maximum absolute atomic E-state index is 8.73. The average Bonchev–Trinajstić information content (AvgIpc) is 2.08. The number of aliphatic hydroxyl groups is 1. The van der Waals surface area contributed by atoms with E-state index < -0.39 is 0 Å². The molecule has 0 aliphatic rings. The van der Waals surface area contributed by atoms with Crippen molar-refractivity contribution in [2.75, 3.05) is 0 Å². The van der Waals surface area contributed by atoms with Crippen LogP contribution in [0, 0.1) is 6.92 Å². The second-order valence-electron chi connectivity index (χ2n) is 2.08. The topological polar surface area (TPSA) is 33.1 Å². The molecule has 12 heavy (non-hydrogen) atoms. The van der Waals surface area contributed by atoms with Gasteiger partial charge < -0.3 is 5.11 Å². The molecule has 0 aromatic carbocycles. The second-order valence-corrected chi connectivity index (χ2v) is 2.99. The van der Waals surface area contributed by atoms with Crippen LogP contribution in [0.1, 0.15) is 25.1 Å². The van der Waals surface area contributed by atoms with E-state index >= 15 is 0 Å². The van der Waals surface area contributed by atoms with Crippen molar-refractivity contribution in [3.05, 3.63) is 28.0 Å². The summed E-state index contributed by atoms with van der Waals surface area (Å²) in [6.45, 7) is 5.93. The van der Waals surface area contributed by atoms with Gasteiger partial charge in [-0.25, -0.2) is 0 Å². The molecule has 1 heterocycles. The third-order valence-electron chi connectivity index (χ3n) is 1.30. The fourth-order valence-electron chi connectivity index (χ4n) is 0.734. The summed E-state index contributed by atoms with van der Waals surface area (Å²) in [6.07, 6.45) is 1.68. The van der Waals surface area contributed by atoms with Crippen molar-refractivity contribution in [1.29, 1.82) is 0 Å². The van der Waals surface area contributed by atoms with Gasteiger partial charge in [-0.15, -0.1) is 0 Å². The van der Waals surface area contributed by atoms with Crippen molar-refractivity contribution in [2.45, 2.75) is 27.4 Å². The molecule has 0 amide bonds. The zero-order valence-corrected chi connectivity index (χ0v) is 9.22. The minimum atomic E-state index is 0.0130. The van der Waals surface area contributed by atoms with E-state index in [1.807, 2.05) is 26.8 Å². The molecule has 2 nitrogen and oxygen atoms in total. The first-order valence-corrected chi connectivity index (χ1v) is 4.75. The van der Waals surface area contributed by atoms with Gasteiger partial charge in [-0.05, 0) is 34.5 Å². The lowest BCUT2D eigenvalue weighted by atomic mass is 10.2. The summed E-state index contributed by atoms with van der Waals surface area (Å²) >= 11 is 3.28. The molecule has 0 aliphatic carbocycles. The Hall–Kier alpha value is -0.410. The lowest BCUT2D eigenvalue weighted by molar-refractivity contribution is 0.276. The molecule has 0 bridgehead atoms. The van der Waals surface area contributed by atoms with Crippen molar-refractivity contribution in [1.82, 2.24) is 4.98 Å². The Morgan fingerprint density at radius 3 is 2.50 bits per heavy atom. The lowest BCUT2D eigenvalue weighted by Gasteiger charge is -1.99. The zero-order valence-electron chi connectivity index (χ0n) is 7.63. The van der Waals surface area contributed by atoms with Gasteiger partial charge in [-0.3, -0.25) is 4.98 Å². The minimum absolute atomic E-state index is 0.0130. The molecule has 3 heteroatoms. The Bertz CT molecular complexity index is 238. The van der Waals surface area contributed by atoms with Gasteiger partial charge in [-0.1, -0.05) is 13.8 Å². The summed E-state index contributed by atoms with van der Waals surface area (Å²) in [5, 5.41) is 8.73. The molecule has 0 spiro atoms. The van der Waals surface area contributed by atoms with E-state index in [1.165, 1.54) is 0 Å². The summed E-state index contributed by atoms with van der Waals surface area (Å²) in [6, 6.07) is 1.93. The quantitative estimate of drug-likeness (QED) is 0.807. The van der Waals surface area contributed by atoms with E-state index in [0.717, 1.165) is 15.7 Å². The largest absolute Gasteiger partial charge is 0.390 e. The molecule has 0 saturated carbocycles. The number of aryl methyl sites for hydroxylation is 1. The summed E-state index contributed by atoms with van der Waals surface area (Å²) in [7, 11) is 0. The highest BCUT2D eigenvalue weighted by molar-refractivity contribution is 9.10. The third kappa shape index (κ3) is 3.32. The molecule has 1 rings (SSSR count). The monoisotopic (exact) mass is 231 g/mol. The average molecular weight is 232 g/mol. The summed E-state index contributed by atoms with van der Waals surface area (Å²) in [4.78, 5) is 4.00. The Labute approximate surface area is 81.8 Å². The van der Waals surface area contributed by atoms with Gasteiger partial charge in [0.05, 0.1) is 12.3 Å². The molecule has 0 aliphatic heterocycles. The van der Waals surface area contributed by atoms with Crippen molar-refractivity contribution in [3.8, 4) is 0 Å². The second kappa shape index (κ2) is 6.14.